The lowest BCUT2D eigenvalue weighted by molar-refractivity contribution is -0.0266. The molecule has 0 N–H and O–H groups in total. The van der Waals surface area contributed by atoms with Gasteiger partial charge >= 0.3 is 0 Å². The molecular formula is C17H33NO. The highest BCUT2D eigenvalue weighted by Crippen LogP contribution is 2.32. The van der Waals surface area contributed by atoms with Crippen LogP contribution < -0.4 is 0 Å². The van der Waals surface area contributed by atoms with E-state index in [0.29, 0.717) is 12.1 Å². The van der Waals surface area contributed by atoms with Crippen molar-refractivity contribution in [2.75, 3.05) is 7.11 Å². The van der Waals surface area contributed by atoms with Crippen molar-refractivity contribution in [3.05, 3.63) is 0 Å². The Bertz CT molecular complexity index is 223. The smallest absolute Gasteiger partial charge is 0.0695 e. The van der Waals surface area contributed by atoms with Crippen LogP contribution in [0.1, 0.15) is 78.1 Å². The summed E-state index contributed by atoms with van der Waals surface area (Å²) in [4.78, 5) is 2.87. The average Bonchev–Trinajstić information content (AvgIpc) is 2.49. The molecule has 2 aliphatic carbocycles. The second-order valence-electron chi connectivity index (χ2n) is 6.71. The SMILES string of the molecule is COC(C)C(C)N(C1CCCCC1)C1CCCCC1. The molecule has 19 heavy (non-hydrogen) atoms. The first kappa shape index (κ1) is 15.3. The van der Waals surface area contributed by atoms with Crippen molar-refractivity contribution in [2.45, 2.75) is 102 Å². The van der Waals surface area contributed by atoms with Gasteiger partial charge in [-0.25, -0.2) is 0 Å². The summed E-state index contributed by atoms with van der Waals surface area (Å²) in [6.07, 6.45) is 14.6. The lowest BCUT2D eigenvalue weighted by Gasteiger charge is -2.46. The van der Waals surface area contributed by atoms with E-state index < -0.39 is 0 Å². The molecule has 2 nitrogen and oxygen atoms in total. The highest BCUT2D eigenvalue weighted by molar-refractivity contribution is 4.88. The van der Waals surface area contributed by atoms with Gasteiger partial charge in [-0.15, -0.1) is 0 Å². The first-order valence-electron chi connectivity index (χ1n) is 8.54. The molecule has 0 aromatic carbocycles. The second kappa shape index (κ2) is 7.64. The van der Waals surface area contributed by atoms with E-state index in [4.69, 9.17) is 4.74 Å². The lowest BCUT2D eigenvalue weighted by atomic mass is 9.87. The van der Waals surface area contributed by atoms with E-state index in [9.17, 15) is 0 Å². The monoisotopic (exact) mass is 267 g/mol. The van der Waals surface area contributed by atoms with Crippen LogP contribution in [0.15, 0.2) is 0 Å². The number of rotatable bonds is 5. The maximum absolute atomic E-state index is 5.63. The minimum absolute atomic E-state index is 0.351. The predicted molar refractivity (Wildman–Crippen MR) is 81.5 cm³/mol. The van der Waals surface area contributed by atoms with Gasteiger partial charge in [0.15, 0.2) is 0 Å². The minimum atomic E-state index is 0.351. The van der Waals surface area contributed by atoms with E-state index in [-0.39, 0.29) is 0 Å². The van der Waals surface area contributed by atoms with Gasteiger partial charge in [0.05, 0.1) is 6.10 Å². The zero-order valence-electron chi connectivity index (χ0n) is 13.2. The van der Waals surface area contributed by atoms with Crippen LogP contribution in [0, 0.1) is 0 Å². The normalized spacial score (nSPS) is 26.5. The Kier molecular flexibility index (Phi) is 6.15. The van der Waals surface area contributed by atoms with Gasteiger partial charge in [-0.05, 0) is 39.5 Å². The first-order valence-corrected chi connectivity index (χ1v) is 8.54. The summed E-state index contributed by atoms with van der Waals surface area (Å²) in [7, 11) is 1.86. The van der Waals surface area contributed by atoms with Crippen LogP contribution >= 0.6 is 0 Å². The number of ether oxygens (including phenoxy) is 1. The van der Waals surface area contributed by atoms with Crippen LogP contribution in [0.2, 0.25) is 0 Å². The molecule has 2 aliphatic rings. The van der Waals surface area contributed by atoms with Gasteiger partial charge in [0.2, 0.25) is 0 Å². The molecule has 0 bridgehead atoms. The Morgan fingerprint density at radius 1 is 0.789 bits per heavy atom. The Labute approximate surface area is 119 Å². The summed E-state index contributed by atoms with van der Waals surface area (Å²) in [5.74, 6) is 0. The molecule has 2 atom stereocenters. The van der Waals surface area contributed by atoms with E-state index >= 15 is 0 Å². The molecule has 2 unspecified atom stereocenters. The molecule has 0 saturated heterocycles. The molecule has 2 saturated carbocycles. The zero-order valence-corrected chi connectivity index (χ0v) is 13.2. The van der Waals surface area contributed by atoms with Crippen molar-refractivity contribution in [3.63, 3.8) is 0 Å². The van der Waals surface area contributed by atoms with Crippen LogP contribution in [-0.4, -0.2) is 36.2 Å². The van der Waals surface area contributed by atoms with Gasteiger partial charge in [-0.2, -0.15) is 0 Å². The molecule has 0 aromatic rings. The molecular weight excluding hydrogens is 234 g/mol. The third-order valence-corrected chi connectivity index (χ3v) is 5.51. The van der Waals surface area contributed by atoms with Crippen LogP contribution in [0.5, 0.6) is 0 Å². The third-order valence-electron chi connectivity index (χ3n) is 5.51. The summed E-state index contributed by atoms with van der Waals surface area (Å²) >= 11 is 0. The Morgan fingerprint density at radius 2 is 1.21 bits per heavy atom. The first-order chi connectivity index (χ1) is 9.24. The van der Waals surface area contributed by atoms with Crippen LogP contribution in [-0.2, 0) is 4.74 Å². The van der Waals surface area contributed by atoms with Crippen molar-refractivity contribution in [1.82, 2.24) is 4.90 Å². The highest BCUT2D eigenvalue weighted by atomic mass is 16.5. The van der Waals surface area contributed by atoms with Crippen LogP contribution in [0.3, 0.4) is 0 Å². The van der Waals surface area contributed by atoms with Gasteiger partial charge in [-0.3, -0.25) is 4.90 Å². The minimum Gasteiger partial charge on any atom is -0.380 e. The van der Waals surface area contributed by atoms with Gasteiger partial charge in [0.1, 0.15) is 0 Å². The molecule has 2 rings (SSSR count). The van der Waals surface area contributed by atoms with Crippen molar-refractivity contribution in [2.24, 2.45) is 0 Å². The van der Waals surface area contributed by atoms with Gasteiger partial charge < -0.3 is 4.74 Å². The van der Waals surface area contributed by atoms with Gasteiger partial charge in [0.25, 0.3) is 0 Å². The van der Waals surface area contributed by atoms with Crippen molar-refractivity contribution >= 4 is 0 Å². The lowest BCUT2D eigenvalue weighted by Crippen LogP contribution is -2.53. The molecule has 2 heteroatoms. The van der Waals surface area contributed by atoms with Gasteiger partial charge in [0, 0.05) is 25.2 Å². The zero-order chi connectivity index (χ0) is 13.7. The largest absolute Gasteiger partial charge is 0.380 e. The predicted octanol–water partition coefficient (Wildman–Crippen LogP) is 4.38. The summed E-state index contributed by atoms with van der Waals surface area (Å²) in [6, 6.07) is 2.21. The molecule has 0 aromatic heterocycles. The van der Waals surface area contributed by atoms with E-state index in [1.807, 2.05) is 7.11 Å². The average molecular weight is 267 g/mol. The fourth-order valence-electron chi connectivity index (χ4n) is 4.16. The van der Waals surface area contributed by atoms with Crippen molar-refractivity contribution < 1.29 is 4.74 Å². The molecule has 112 valence electrons. The van der Waals surface area contributed by atoms with Gasteiger partial charge in [-0.1, -0.05) is 38.5 Å². The topological polar surface area (TPSA) is 12.5 Å². The standard InChI is InChI=1S/C17H33NO/c1-14(15(2)19-3)18(16-10-6-4-7-11-16)17-12-8-5-9-13-17/h14-17H,4-13H2,1-3H3. The highest BCUT2D eigenvalue weighted by Gasteiger charge is 2.34. The summed E-state index contributed by atoms with van der Waals surface area (Å²) in [5, 5.41) is 0. The fourth-order valence-corrected chi connectivity index (χ4v) is 4.16. The van der Waals surface area contributed by atoms with E-state index in [0.717, 1.165) is 12.1 Å². The van der Waals surface area contributed by atoms with E-state index in [2.05, 4.69) is 18.7 Å². The van der Waals surface area contributed by atoms with Crippen LogP contribution in [0.25, 0.3) is 0 Å². The maximum atomic E-state index is 5.63. The van der Waals surface area contributed by atoms with E-state index in [1.165, 1.54) is 64.2 Å². The maximum Gasteiger partial charge on any atom is 0.0695 e. The summed E-state index contributed by atoms with van der Waals surface area (Å²) in [5.41, 5.74) is 0. The Morgan fingerprint density at radius 3 is 1.58 bits per heavy atom. The fraction of sp³-hybridized carbons (Fsp3) is 1.00. The Hall–Kier alpha value is -0.0800. The molecule has 0 spiro atoms. The summed E-state index contributed by atoms with van der Waals surface area (Å²) in [6.45, 7) is 4.63. The number of methoxy groups -OCH3 is 1. The van der Waals surface area contributed by atoms with Crippen molar-refractivity contribution in [1.29, 1.82) is 0 Å². The molecule has 0 aliphatic heterocycles. The molecule has 0 amide bonds. The number of hydrogen-bond donors (Lipinski definition) is 0. The third kappa shape index (κ3) is 3.95. The van der Waals surface area contributed by atoms with Crippen molar-refractivity contribution in [3.8, 4) is 0 Å². The Balaban J connectivity index is 2.06. The summed E-state index contributed by atoms with van der Waals surface area (Å²) < 4.78 is 5.63. The molecule has 0 radical (unpaired) electrons. The second-order valence-corrected chi connectivity index (χ2v) is 6.71. The number of hydrogen-bond acceptors (Lipinski definition) is 2. The number of nitrogens with zero attached hydrogens (tertiary/aromatic N) is 1. The van der Waals surface area contributed by atoms with E-state index in [1.54, 1.807) is 0 Å². The quantitative estimate of drug-likeness (QED) is 0.733. The van der Waals surface area contributed by atoms with Crippen LogP contribution in [0.4, 0.5) is 0 Å². The molecule has 2 fully saturated rings. The molecule has 0 heterocycles.